The minimum absolute atomic E-state index is 0.223. The van der Waals surface area contributed by atoms with E-state index >= 15 is 0 Å². The molecule has 1 aromatic carbocycles. The Bertz CT molecular complexity index is 649. The molecule has 0 aliphatic carbocycles. The molecule has 6 nitrogen and oxygen atoms in total. The van der Waals surface area contributed by atoms with Gasteiger partial charge in [-0.15, -0.1) is 5.10 Å². The molecule has 2 rings (SSSR count). The predicted octanol–water partition coefficient (Wildman–Crippen LogP) is 1.05. The van der Waals surface area contributed by atoms with Crippen LogP contribution in [0.5, 0.6) is 0 Å². The highest BCUT2D eigenvalue weighted by molar-refractivity contribution is 8.15. The van der Waals surface area contributed by atoms with Crippen molar-refractivity contribution in [2.24, 2.45) is 10.2 Å². The van der Waals surface area contributed by atoms with Crippen LogP contribution in [-0.2, 0) is 9.59 Å². The third-order valence-corrected chi connectivity index (χ3v) is 4.36. The summed E-state index contributed by atoms with van der Waals surface area (Å²) in [5.41, 5.74) is 0.578. The van der Waals surface area contributed by atoms with E-state index in [4.69, 9.17) is 23.2 Å². The van der Waals surface area contributed by atoms with Crippen molar-refractivity contribution in [3.63, 3.8) is 0 Å². The standard InChI is InChI=1S/C12H9Cl2N3O3S/c13-7-3-1-2-6(10(7)14)5-15-17-12-16-11(20)8(21-12)4-9(18)19/h1-3,5,8H,4H2,(H,18,19)(H,16,17,20)/p-1/b15-5-/t8-/m0/s1. The number of aliphatic carboxylic acids is 1. The smallest absolute Gasteiger partial charge is 0.239 e. The summed E-state index contributed by atoms with van der Waals surface area (Å²) in [5.74, 6) is -1.72. The second kappa shape index (κ2) is 6.93. The Kier molecular flexibility index (Phi) is 5.22. The van der Waals surface area contributed by atoms with Crippen molar-refractivity contribution in [2.75, 3.05) is 0 Å². The molecule has 1 fully saturated rings. The molecule has 1 N–H and O–H groups in total. The molecule has 1 saturated heterocycles. The maximum atomic E-state index is 11.5. The molecule has 0 aromatic heterocycles. The Morgan fingerprint density at radius 1 is 1.48 bits per heavy atom. The topological polar surface area (TPSA) is 93.9 Å². The highest BCUT2D eigenvalue weighted by Crippen LogP contribution is 2.24. The lowest BCUT2D eigenvalue weighted by molar-refractivity contribution is -0.305. The van der Waals surface area contributed by atoms with Crippen molar-refractivity contribution in [3.8, 4) is 0 Å². The van der Waals surface area contributed by atoms with Crippen LogP contribution in [0.3, 0.4) is 0 Å². The van der Waals surface area contributed by atoms with Crippen LogP contribution in [0.1, 0.15) is 12.0 Å². The Labute approximate surface area is 134 Å². The van der Waals surface area contributed by atoms with Crippen LogP contribution in [0.15, 0.2) is 28.4 Å². The summed E-state index contributed by atoms with van der Waals surface area (Å²) in [5, 5.41) is 20.7. The van der Waals surface area contributed by atoms with Gasteiger partial charge in [-0.05, 0) is 6.07 Å². The Morgan fingerprint density at radius 2 is 2.24 bits per heavy atom. The first kappa shape index (κ1) is 15.8. The van der Waals surface area contributed by atoms with Gasteiger partial charge in [0.15, 0.2) is 5.17 Å². The van der Waals surface area contributed by atoms with Gasteiger partial charge < -0.3 is 15.2 Å². The molecule has 0 bridgehead atoms. The molecular weight excluding hydrogens is 337 g/mol. The number of thioether (sulfide) groups is 1. The van der Waals surface area contributed by atoms with Crippen LogP contribution >= 0.6 is 35.0 Å². The van der Waals surface area contributed by atoms with Crippen LogP contribution in [-0.4, -0.2) is 28.5 Å². The minimum Gasteiger partial charge on any atom is -0.550 e. The quantitative estimate of drug-likeness (QED) is 0.652. The number of halogens is 2. The number of rotatable bonds is 4. The number of carbonyl (C=O) groups is 2. The zero-order chi connectivity index (χ0) is 15.4. The summed E-state index contributed by atoms with van der Waals surface area (Å²) >= 11 is 12.8. The molecule has 1 heterocycles. The monoisotopic (exact) mass is 344 g/mol. The number of amides is 1. The first-order chi connectivity index (χ1) is 9.97. The summed E-state index contributed by atoms with van der Waals surface area (Å²) in [6, 6.07) is 5.06. The molecule has 21 heavy (non-hydrogen) atoms. The molecule has 1 aromatic rings. The highest BCUT2D eigenvalue weighted by atomic mass is 35.5. The van der Waals surface area contributed by atoms with Crippen LogP contribution in [0, 0.1) is 0 Å². The lowest BCUT2D eigenvalue weighted by atomic mass is 10.2. The minimum atomic E-state index is -1.29. The van der Waals surface area contributed by atoms with E-state index in [-0.39, 0.29) is 11.6 Å². The molecule has 0 unspecified atom stereocenters. The molecule has 0 spiro atoms. The first-order valence-electron chi connectivity index (χ1n) is 5.70. The van der Waals surface area contributed by atoms with E-state index in [0.29, 0.717) is 15.6 Å². The lowest BCUT2D eigenvalue weighted by Crippen LogP contribution is -2.31. The summed E-state index contributed by atoms with van der Waals surface area (Å²) in [4.78, 5) is 21.9. The van der Waals surface area contributed by atoms with E-state index in [1.807, 2.05) is 0 Å². The Balaban J connectivity index is 2.05. The normalized spacial score (nSPS) is 20.2. The van der Waals surface area contributed by atoms with E-state index in [1.54, 1.807) is 18.2 Å². The van der Waals surface area contributed by atoms with Gasteiger partial charge in [-0.25, -0.2) is 0 Å². The van der Waals surface area contributed by atoms with E-state index in [1.165, 1.54) is 6.21 Å². The summed E-state index contributed by atoms with van der Waals surface area (Å²) in [6.45, 7) is 0. The van der Waals surface area contributed by atoms with Crippen LogP contribution in [0.25, 0.3) is 0 Å². The van der Waals surface area contributed by atoms with Gasteiger partial charge in [-0.2, -0.15) is 5.10 Å². The van der Waals surface area contributed by atoms with Crippen molar-refractivity contribution in [2.45, 2.75) is 11.7 Å². The van der Waals surface area contributed by atoms with E-state index in [2.05, 4.69) is 15.5 Å². The molecule has 1 aliphatic heterocycles. The number of amidine groups is 1. The number of hydrogen-bond donors (Lipinski definition) is 1. The lowest BCUT2D eigenvalue weighted by Gasteiger charge is -2.04. The number of carbonyl (C=O) groups excluding carboxylic acids is 2. The van der Waals surface area contributed by atoms with Gasteiger partial charge in [0.2, 0.25) is 5.91 Å². The number of carboxylic acid groups (broad SMARTS) is 1. The molecule has 9 heteroatoms. The number of carboxylic acids is 1. The largest absolute Gasteiger partial charge is 0.550 e. The van der Waals surface area contributed by atoms with Crippen LogP contribution < -0.4 is 10.4 Å². The van der Waals surface area contributed by atoms with Crippen LogP contribution in [0.4, 0.5) is 0 Å². The van der Waals surface area contributed by atoms with E-state index in [9.17, 15) is 14.7 Å². The zero-order valence-corrected chi connectivity index (χ0v) is 12.7. The SMILES string of the molecule is O=C([O-])C[C@@H]1S/C(=N\N=C/c2cccc(Cl)c2Cl)NC1=O. The van der Waals surface area contributed by atoms with E-state index in [0.717, 1.165) is 11.8 Å². The van der Waals surface area contributed by atoms with Crippen molar-refractivity contribution in [1.82, 2.24) is 5.32 Å². The van der Waals surface area contributed by atoms with Gasteiger partial charge in [-0.1, -0.05) is 47.1 Å². The van der Waals surface area contributed by atoms with Crippen molar-refractivity contribution < 1.29 is 14.7 Å². The fraction of sp³-hybridized carbons (Fsp3) is 0.167. The average Bonchev–Trinajstić information content (AvgIpc) is 2.74. The molecular formula is C12H8Cl2N3O3S-. The molecule has 1 atom stereocenters. The Morgan fingerprint density at radius 3 is 2.95 bits per heavy atom. The second-order valence-electron chi connectivity index (χ2n) is 3.96. The number of hydrogen-bond acceptors (Lipinski definition) is 6. The van der Waals surface area contributed by atoms with Gasteiger partial charge in [-0.3, -0.25) is 4.79 Å². The zero-order valence-electron chi connectivity index (χ0n) is 10.4. The van der Waals surface area contributed by atoms with Crippen molar-refractivity contribution in [1.29, 1.82) is 0 Å². The molecule has 1 aliphatic rings. The van der Waals surface area contributed by atoms with Gasteiger partial charge >= 0.3 is 0 Å². The highest BCUT2D eigenvalue weighted by Gasteiger charge is 2.30. The molecule has 0 radical (unpaired) electrons. The van der Waals surface area contributed by atoms with Crippen molar-refractivity contribution >= 4 is 58.2 Å². The summed E-state index contributed by atoms with van der Waals surface area (Å²) < 4.78 is 0. The fourth-order valence-electron chi connectivity index (χ4n) is 1.50. The summed E-state index contributed by atoms with van der Waals surface area (Å²) in [7, 11) is 0. The molecule has 110 valence electrons. The maximum absolute atomic E-state index is 11.5. The van der Waals surface area contributed by atoms with Crippen molar-refractivity contribution in [3.05, 3.63) is 33.8 Å². The third-order valence-electron chi connectivity index (χ3n) is 2.46. The van der Waals surface area contributed by atoms with Crippen LogP contribution in [0.2, 0.25) is 10.0 Å². The van der Waals surface area contributed by atoms with Gasteiger partial charge in [0.25, 0.3) is 0 Å². The maximum Gasteiger partial charge on any atom is 0.239 e. The van der Waals surface area contributed by atoms with Gasteiger partial charge in [0.1, 0.15) is 0 Å². The fourth-order valence-corrected chi connectivity index (χ4v) is 2.77. The molecule has 1 amide bonds. The van der Waals surface area contributed by atoms with Gasteiger partial charge in [0, 0.05) is 18.0 Å². The van der Waals surface area contributed by atoms with Gasteiger partial charge in [0.05, 0.1) is 21.5 Å². The number of nitrogens with zero attached hydrogens (tertiary/aromatic N) is 2. The average molecular weight is 345 g/mol. The number of nitrogens with one attached hydrogen (secondary N) is 1. The molecule has 0 saturated carbocycles. The predicted molar refractivity (Wildman–Crippen MR) is 80.6 cm³/mol. The Hall–Kier alpha value is -1.57. The second-order valence-corrected chi connectivity index (χ2v) is 5.94. The van der Waals surface area contributed by atoms with E-state index < -0.39 is 17.1 Å². The number of benzene rings is 1. The first-order valence-corrected chi connectivity index (χ1v) is 7.33. The summed E-state index contributed by atoms with van der Waals surface area (Å²) in [6.07, 6.45) is 1.01. The third kappa shape index (κ3) is 4.20.